The highest BCUT2D eigenvalue weighted by atomic mass is 32.2. The summed E-state index contributed by atoms with van der Waals surface area (Å²) >= 11 is 6.44. The fraction of sp³-hybridized carbons (Fsp3) is 0.600. The zero-order valence-electron chi connectivity index (χ0n) is 10.7. The molecule has 1 saturated carbocycles. The van der Waals surface area contributed by atoms with Gasteiger partial charge < -0.3 is 0 Å². The van der Waals surface area contributed by atoms with Gasteiger partial charge in [-0.05, 0) is 48.3 Å². The van der Waals surface area contributed by atoms with Crippen LogP contribution < -0.4 is 0 Å². The summed E-state index contributed by atoms with van der Waals surface area (Å²) in [7, 11) is 0. The minimum atomic E-state index is -0.155. The van der Waals surface area contributed by atoms with Crippen molar-refractivity contribution in [2.75, 3.05) is 11.5 Å². The molecule has 0 radical (unpaired) electrons. The molecule has 0 amide bonds. The van der Waals surface area contributed by atoms with Crippen LogP contribution in [0.25, 0.3) is 0 Å². The maximum Gasteiger partial charge on any atom is 0.123 e. The number of thioether (sulfide) groups is 1. The Balaban J connectivity index is 1.95. The van der Waals surface area contributed by atoms with Gasteiger partial charge in [0.2, 0.25) is 0 Å². The van der Waals surface area contributed by atoms with Crippen LogP contribution in [0.4, 0.5) is 4.39 Å². The SMILES string of the molecule is Fc1ccc(SCC2(CS)CCCCCC2)cc1. The first-order valence-electron chi connectivity index (χ1n) is 6.73. The smallest absolute Gasteiger partial charge is 0.123 e. The Morgan fingerprint density at radius 1 is 1.06 bits per heavy atom. The molecule has 0 N–H and O–H groups in total. The lowest BCUT2D eigenvalue weighted by Gasteiger charge is -2.30. The van der Waals surface area contributed by atoms with E-state index in [-0.39, 0.29) is 5.82 Å². The Hall–Kier alpha value is -0.150. The monoisotopic (exact) mass is 284 g/mol. The van der Waals surface area contributed by atoms with Gasteiger partial charge in [0.25, 0.3) is 0 Å². The summed E-state index contributed by atoms with van der Waals surface area (Å²) in [5, 5.41) is 0. The van der Waals surface area contributed by atoms with Crippen molar-refractivity contribution in [2.45, 2.75) is 43.4 Å². The standard InChI is InChI=1S/C15H21FS2/c16-13-5-7-14(8-6-13)18-12-15(11-17)9-3-1-2-4-10-15/h5-8,17H,1-4,9-12H2. The van der Waals surface area contributed by atoms with E-state index in [1.165, 1.54) is 43.4 Å². The summed E-state index contributed by atoms with van der Waals surface area (Å²) < 4.78 is 12.9. The van der Waals surface area contributed by atoms with Crippen LogP contribution in [0.5, 0.6) is 0 Å². The van der Waals surface area contributed by atoms with E-state index in [0.29, 0.717) is 5.41 Å². The molecule has 0 bridgehead atoms. The van der Waals surface area contributed by atoms with Gasteiger partial charge in [-0.3, -0.25) is 0 Å². The minimum Gasteiger partial charge on any atom is -0.207 e. The Kier molecular flexibility index (Phi) is 5.43. The van der Waals surface area contributed by atoms with E-state index in [2.05, 4.69) is 12.6 Å². The lowest BCUT2D eigenvalue weighted by Crippen LogP contribution is -2.25. The molecule has 0 saturated heterocycles. The number of benzene rings is 1. The van der Waals surface area contributed by atoms with Gasteiger partial charge in [-0.2, -0.15) is 12.6 Å². The molecule has 100 valence electrons. The summed E-state index contributed by atoms with van der Waals surface area (Å²) in [5.41, 5.74) is 0.388. The maximum atomic E-state index is 12.9. The molecule has 1 aromatic carbocycles. The van der Waals surface area contributed by atoms with Gasteiger partial charge in [0.1, 0.15) is 5.82 Å². The topological polar surface area (TPSA) is 0 Å². The first-order valence-corrected chi connectivity index (χ1v) is 8.35. The molecule has 1 aliphatic rings. The Morgan fingerprint density at radius 2 is 1.67 bits per heavy atom. The highest BCUT2D eigenvalue weighted by Gasteiger charge is 2.29. The third-order valence-corrected chi connectivity index (χ3v) is 5.89. The number of thiol groups is 1. The molecule has 0 heterocycles. The van der Waals surface area contributed by atoms with Crippen LogP contribution in [0.3, 0.4) is 0 Å². The fourth-order valence-electron chi connectivity index (χ4n) is 2.59. The highest BCUT2D eigenvalue weighted by molar-refractivity contribution is 7.99. The molecule has 2 rings (SSSR count). The molecule has 1 aromatic rings. The van der Waals surface area contributed by atoms with Gasteiger partial charge >= 0.3 is 0 Å². The van der Waals surface area contributed by atoms with Crippen LogP contribution >= 0.6 is 24.4 Å². The summed E-state index contributed by atoms with van der Waals surface area (Å²) in [5.74, 6) is 1.93. The third kappa shape index (κ3) is 3.92. The molecule has 0 atom stereocenters. The maximum absolute atomic E-state index is 12.9. The van der Waals surface area contributed by atoms with Crippen molar-refractivity contribution in [1.82, 2.24) is 0 Å². The summed E-state index contributed by atoms with van der Waals surface area (Å²) in [6, 6.07) is 6.84. The predicted molar refractivity (Wildman–Crippen MR) is 81.1 cm³/mol. The van der Waals surface area contributed by atoms with Crippen molar-refractivity contribution in [1.29, 1.82) is 0 Å². The third-order valence-electron chi connectivity index (χ3n) is 3.86. The van der Waals surface area contributed by atoms with Crippen LogP contribution in [-0.4, -0.2) is 11.5 Å². The number of hydrogen-bond acceptors (Lipinski definition) is 2. The average molecular weight is 284 g/mol. The number of hydrogen-bond donors (Lipinski definition) is 1. The van der Waals surface area contributed by atoms with Crippen molar-refractivity contribution in [3.8, 4) is 0 Å². The van der Waals surface area contributed by atoms with E-state index < -0.39 is 0 Å². The molecule has 1 fully saturated rings. The Labute approximate surface area is 119 Å². The first kappa shape index (κ1) is 14.3. The van der Waals surface area contributed by atoms with Crippen LogP contribution in [0.1, 0.15) is 38.5 Å². The average Bonchev–Trinajstić information content (AvgIpc) is 2.64. The van der Waals surface area contributed by atoms with Crippen molar-refractivity contribution in [3.63, 3.8) is 0 Å². The van der Waals surface area contributed by atoms with Crippen LogP contribution in [0.15, 0.2) is 29.2 Å². The van der Waals surface area contributed by atoms with E-state index in [9.17, 15) is 4.39 Å². The van der Waals surface area contributed by atoms with Crippen LogP contribution in [0, 0.1) is 11.2 Å². The van der Waals surface area contributed by atoms with E-state index in [0.717, 1.165) is 11.5 Å². The minimum absolute atomic E-state index is 0.155. The van der Waals surface area contributed by atoms with Crippen molar-refractivity contribution >= 4 is 24.4 Å². The normalized spacial score (nSPS) is 19.4. The summed E-state index contributed by atoms with van der Waals surface area (Å²) in [6.07, 6.45) is 8.01. The van der Waals surface area contributed by atoms with Crippen molar-refractivity contribution < 1.29 is 4.39 Å². The zero-order chi connectivity index (χ0) is 12.8. The first-order chi connectivity index (χ1) is 8.74. The van der Waals surface area contributed by atoms with E-state index >= 15 is 0 Å². The second-order valence-corrected chi connectivity index (χ2v) is 6.68. The molecule has 18 heavy (non-hydrogen) atoms. The lowest BCUT2D eigenvalue weighted by molar-refractivity contribution is 0.332. The quantitative estimate of drug-likeness (QED) is 0.451. The molecule has 0 aliphatic heterocycles. The number of rotatable bonds is 4. The van der Waals surface area contributed by atoms with Gasteiger partial charge in [0.15, 0.2) is 0 Å². The Bertz CT molecular complexity index is 353. The van der Waals surface area contributed by atoms with Gasteiger partial charge in [0.05, 0.1) is 0 Å². The Morgan fingerprint density at radius 3 is 2.22 bits per heavy atom. The second kappa shape index (κ2) is 6.85. The van der Waals surface area contributed by atoms with Gasteiger partial charge in [0, 0.05) is 10.6 Å². The summed E-state index contributed by atoms with van der Waals surface area (Å²) in [6.45, 7) is 0. The van der Waals surface area contributed by atoms with Crippen LogP contribution in [-0.2, 0) is 0 Å². The van der Waals surface area contributed by atoms with E-state index in [1.54, 1.807) is 12.1 Å². The van der Waals surface area contributed by atoms with Crippen LogP contribution in [0.2, 0.25) is 0 Å². The largest absolute Gasteiger partial charge is 0.207 e. The van der Waals surface area contributed by atoms with Crippen molar-refractivity contribution in [3.05, 3.63) is 30.1 Å². The zero-order valence-corrected chi connectivity index (χ0v) is 12.4. The molecule has 0 spiro atoms. The molecule has 0 unspecified atom stereocenters. The molecule has 0 nitrogen and oxygen atoms in total. The van der Waals surface area contributed by atoms with Gasteiger partial charge in [-0.15, -0.1) is 11.8 Å². The van der Waals surface area contributed by atoms with Gasteiger partial charge in [-0.25, -0.2) is 4.39 Å². The molecular formula is C15H21FS2. The molecule has 3 heteroatoms. The fourth-order valence-corrected chi connectivity index (χ4v) is 4.37. The van der Waals surface area contributed by atoms with E-state index in [4.69, 9.17) is 0 Å². The van der Waals surface area contributed by atoms with E-state index in [1.807, 2.05) is 23.9 Å². The van der Waals surface area contributed by atoms with Gasteiger partial charge in [-0.1, -0.05) is 25.7 Å². The number of halogens is 1. The predicted octanol–water partition coefficient (Wildman–Crippen LogP) is 5.19. The molecular weight excluding hydrogens is 263 g/mol. The van der Waals surface area contributed by atoms with Crippen molar-refractivity contribution in [2.24, 2.45) is 5.41 Å². The summed E-state index contributed by atoms with van der Waals surface area (Å²) in [4.78, 5) is 1.17. The highest BCUT2D eigenvalue weighted by Crippen LogP contribution is 2.40. The molecule has 0 aromatic heterocycles. The lowest BCUT2D eigenvalue weighted by atomic mass is 9.84. The second-order valence-electron chi connectivity index (χ2n) is 5.31. The molecule has 1 aliphatic carbocycles.